The predicted molar refractivity (Wildman–Crippen MR) is 71.2 cm³/mol. The molecule has 0 atom stereocenters. The van der Waals surface area contributed by atoms with Gasteiger partial charge in [0.2, 0.25) is 5.91 Å². The van der Waals surface area contributed by atoms with E-state index in [1.807, 2.05) is 18.3 Å². The highest BCUT2D eigenvalue weighted by Gasteiger charge is 2.22. The molecule has 1 aliphatic carbocycles. The van der Waals surface area contributed by atoms with Crippen molar-refractivity contribution in [1.82, 2.24) is 15.6 Å². The van der Waals surface area contributed by atoms with E-state index in [-0.39, 0.29) is 5.91 Å². The van der Waals surface area contributed by atoms with Crippen LogP contribution in [0.5, 0.6) is 0 Å². The zero-order chi connectivity index (χ0) is 12.4. The van der Waals surface area contributed by atoms with Gasteiger partial charge in [0, 0.05) is 29.7 Å². The average Bonchev–Trinajstić information content (AvgIpc) is 3.09. The summed E-state index contributed by atoms with van der Waals surface area (Å²) >= 11 is 0. The maximum atomic E-state index is 11.5. The monoisotopic (exact) mass is 243 g/mol. The standard InChI is InChI=1S/C14H17N3O/c18-14(17-11-5-6-11)9-15-7-10-8-16-13-4-2-1-3-12(10)13/h1-4,8,11,15-16H,5-7,9H2,(H,17,18). The molecule has 1 aromatic heterocycles. The van der Waals surface area contributed by atoms with Crippen LogP contribution in [0.3, 0.4) is 0 Å². The molecule has 0 aliphatic heterocycles. The number of nitrogens with one attached hydrogen (secondary N) is 3. The Morgan fingerprint density at radius 1 is 1.33 bits per heavy atom. The minimum absolute atomic E-state index is 0.0948. The first-order chi connectivity index (χ1) is 8.83. The Morgan fingerprint density at radius 2 is 2.17 bits per heavy atom. The maximum absolute atomic E-state index is 11.5. The molecular formula is C14H17N3O. The zero-order valence-corrected chi connectivity index (χ0v) is 10.2. The highest BCUT2D eigenvalue weighted by atomic mass is 16.2. The minimum atomic E-state index is 0.0948. The van der Waals surface area contributed by atoms with Gasteiger partial charge < -0.3 is 15.6 Å². The van der Waals surface area contributed by atoms with Gasteiger partial charge in [0.05, 0.1) is 6.54 Å². The molecular weight excluding hydrogens is 226 g/mol. The molecule has 3 N–H and O–H groups in total. The fourth-order valence-corrected chi connectivity index (χ4v) is 2.09. The highest BCUT2D eigenvalue weighted by molar-refractivity contribution is 5.83. The van der Waals surface area contributed by atoms with E-state index in [1.165, 1.54) is 10.9 Å². The van der Waals surface area contributed by atoms with Gasteiger partial charge in [-0.15, -0.1) is 0 Å². The van der Waals surface area contributed by atoms with Crippen molar-refractivity contribution in [3.05, 3.63) is 36.0 Å². The van der Waals surface area contributed by atoms with E-state index in [9.17, 15) is 4.79 Å². The number of benzene rings is 1. The van der Waals surface area contributed by atoms with Crippen molar-refractivity contribution in [1.29, 1.82) is 0 Å². The predicted octanol–water partition coefficient (Wildman–Crippen LogP) is 1.54. The van der Waals surface area contributed by atoms with E-state index in [2.05, 4.69) is 27.8 Å². The van der Waals surface area contributed by atoms with Crippen molar-refractivity contribution >= 4 is 16.8 Å². The van der Waals surface area contributed by atoms with Crippen molar-refractivity contribution < 1.29 is 4.79 Å². The number of rotatable bonds is 5. The van der Waals surface area contributed by atoms with Gasteiger partial charge in [0.25, 0.3) is 0 Å². The molecule has 0 bridgehead atoms. The van der Waals surface area contributed by atoms with Crippen LogP contribution in [-0.4, -0.2) is 23.5 Å². The second kappa shape index (κ2) is 4.82. The molecule has 2 aromatic rings. The number of fused-ring (bicyclic) bond motifs is 1. The SMILES string of the molecule is O=C(CNCc1c[nH]c2ccccc12)NC1CC1. The van der Waals surface area contributed by atoms with E-state index in [1.54, 1.807) is 0 Å². The molecule has 0 radical (unpaired) electrons. The second-order valence-electron chi connectivity index (χ2n) is 4.80. The van der Waals surface area contributed by atoms with Gasteiger partial charge in [-0.2, -0.15) is 0 Å². The van der Waals surface area contributed by atoms with Gasteiger partial charge in [-0.25, -0.2) is 0 Å². The van der Waals surface area contributed by atoms with E-state index in [0.717, 1.165) is 18.4 Å². The summed E-state index contributed by atoms with van der Waals surface area (Å²) in [6.45, 7) is 1.10. The number of carbonyl (C=O) groups excluding carboxylic acids is 1. The normalized spacial score (nSPS) is 14.9. The van der Waals surface area contributed by atoms with Gasteiger partial charge in [0.1, 0.15) is 0 Å². The average molecular weight is 243 g/mol. The quantitative estimate of drug-likeness (QED) is 0.746. The first kappa shape index (κ1) is 11.3. The second-order valence-corrected chi connectivity index (χ2v) is 4.80. The third kappa shape index (κ3) is 2.54. The van der Waals surface area contributed by atoms with Crippen molar-refractivity contribution in [3.63, 3.8) is 0 Å². The molecule has 1 aliphatic rings. The van der Waals surface area contributed by atoms with Gasteiger partial charge in [0.15, 0.2) is 0 Å². The lowest BCUT2D eigenvalue weighted by atomic mass is 10.2. The lowest BCUT2D eigenvalue weighted by Crippen LogP contribution is -2.34. The van der Waals surface area contributed by atoms with E-state index in [0.29, 0.717) is 19.1 Å². The molecule has 1 fully saturated rings. The van der Waals surface area contributed by atoms with Gasteiger partial charge in [-0.3, -0.25) is 4.79 Å². The van der Waals surface area contributed by atoms with E-state index >= 15 is 0 Å². The lowest BCUT2D eigenvalue weighted by Gasteiger charge is -2.04. The first-order valence-corrected chi connectivity index (χ1v) is 6.38. The Labute approximate surface area is 106 Å². The Kier molecular flexibility index (Phi) is 3.02. The first-order valence-electron chi connectivity index (χ1n) is 6.38. The number of aromatic nitrogens is 1. The number of carbonyl (C=O) groups is 1. The molecule has 4 heteroatoms. The van der Waals surface area contributed by atoms with Crippen LogP contribution in [0.2, 0.25) is 0 Å². The largest absolute Gasteiger partial charge is 0.361 e. The molecule has 1 heterocycles. The summed E-state index contributed by atoms with van der Waals surface area (Å²) in [5.41, 5.74) is 2.33. The molecule has 0 saturated heterocycles. The molecule has 1 aromatic carbocycles. The summed E-state index contributed by atoms with van der Waals surface area (Å²) < 4.78 is 0. The molecule has 1 saturated carbocycles. The van der Waals surface area contributed by atoms with Crippen LogP contribution in [0.1, 0.15) is 18.4 Å². The molecule has 18 heavy (non-hydrogen) atoms. The van der Waals surface area contributed by atoms with Crippen LogP contribution < -0.4 is 10.6 Å². The minimum Gasteiger partial charge on any atom is -0.361 e. The van der Waals surface area contributed by atoms with Gasteiger partial charge >= 0.3 is 0 Å². The summed E-state index contributed by atoms with van der Waals surface area (Å²) in [6.07, 6.45) is 4.26. The van der Waals surface area contributed by atoms with Crippen molar-refractivity contribution in [2.24, 2.45) is 0 Å². The molecule has 94 valence electrons. The Balaban J connectivity index is 1.54. The summed E-state index contributed by atoms with van der Waals surface area (Å²) in [4.78, 5) is 14.7. The fourth-order valence-electron chi connectivity index (χ4n) is 2.09. The fraction of sp³-hybridized carbons (Fsp3) is 0.357. The Bertz CT molecular complexity index is 557. The molecule has 0 unspecified atom stereocenters. The number of amides is 1. The Hall–Kier alpha value is -1.81. The zero-order valence-electron chi connectivity index (χ0n) is 10.2. The van der Waals surface area contributed by atoms with Gasteiger partial charge in [-0.05, 0) is 24.5 Å². The van der Waals surface area contributed by atoms with Crippen LogP contribution in [0.25, 0.3) is 10.9 Å². The number of H-pyrrole nitrogens is 1. The Morgan fingerprint density at radius 3 is 3.00 bits per heavy atom. The molecule has 0 spiro atoms. The molecule has 4 nitrogen and oxygen atoms in total. The summed E-state index contributed by atoms with van der Waals surface area (Å²) in [5.74, 6) is 0.0948. The molecule has 1 amide bonds. The van der Waals surface area contributed by atoms with Crippen LogP contribution in [0, 0.1) is 0 Å². The molecule has 3 rings (SSSR count). The third-order valence-corrected chi connectivity index (χ3v) is 3.22. The number of hydrogen-bond acceptors (Lipinski definition) is 2. The smallest absolute Gasteiger partial charge is 0.234 e. The number of para-hydroxylation sites is 1. The van der Waals surface area contributed by atoms with Crippen LogP contribution in [0.4, 0.5) is 0 Å². The van der Waals surface area contributed by atoms with Crippen LogP contribution in [0.15, 0.2) is 30.5 Å². The van der Waals surface area contributed by atoms with Gasteiger partial charge in [-0.1, -0.05) is 18.2 Å². The summed E-state index contributed by atoms with van der Waals surface area (Å²) in [6, 6.07) is 8.62. The highest BCUT2D eigenvalue weighted by Crippen LogP contribution is 2.18. The van der Waals surface area contributed by atoms with Crippen molar-refractivity contribution in [3.8, 4) is 0 Å². The maximum Gasteiger partial charge on any atom is 0.234 e. The van der Waals surface area contributed by atoms with E-state index < -0.39 is 0 Å². The van der Waals surface area contributed by atoms with Crippen LogP contribution in [-0.2, 0) is 11.3 Å². The van der Waals surface area contributed by atoms with Crippen molar-refractivity contribution in [2.75, 3.05) is 6.54 Å². The lowest BCUT2D eigenvalue weighted by molar-refractivity contribution is -0.120. The topological polar surface area (TPSA) is 56.9 Å². The van der Waals surface area contributed by atoms with E-state index in [4.69, 9.17) is 0 Å². The number of aromatic amines is 1. The number of hydrogen-bond donors (Lipinski definition) is 3. The third-order valence-electron chi connectivity index (χ3n) is 3.22. The van der Waals surface area contributed by atoms with Crippen molar-refractivity contribution in [2.45, 2.75) is 25.4 Å². The van der Waals surface area contributed by atoms with Crippen LogP contribution >= 0.6 is 0 Å². The summed E-state index contributed by atoms with van der Waals surface area (Å²) in [7, 11) is 0. The summed E-state index contributed by atoms with van der Waals surface area (Å²) in [5, 5.41) is 7.36.